The molecule has 0 saturated carbocycles. The Labute approximate surface area is 105 Å². The van der Waals surface area contributed by atoms with Crippen LogP contribution in [0.5, 0.6) is 11.5 Å². The molecule has 1 unspecified atom stereocenters. The first-order valence-corrected chi connectivity index (χ1v) is 5.95. The van der Waals surface area contributed by atoms with Gasteiger partial charge in [-0.05, 0) is 18.2 Å². The van der Waals surface area contributed by atoms with Crippen molar-refractivity contribution in [3.05, 3.63) is 23.8 Å². The van der Waals surface area contributed by atoms with E-state index in [2.05, 4.69) is 0 Å². The smallest absolute Gasteiger partial charge is 0.249 e. The summed E-state index contributed by atoms with van der Waals surface area (Å²) in [7, 11) is 1.63. The predicted molar refractivity (Wildman–Crippen MR) is 63.6 cm³/mol. The van der Waals surface area contributed by atoms with Crippen LogP contribution < -0.4 is 9.47 Å². The van der Waals surface area contributed by atoms with Crippen molar-refractivity contribution in [2.45, 2.75) is 12.6 Å². The maximum Gasteiger partial charge on any atom is 0.249 e. The minimum absolute atomic E-state index is 0.00430. The van der Waals surface area contributed by atoms with E-state index < -0.39 is 0 Å². The molecule has 96 valence electrons. The zero-order valence-electron chi connectivity index (χ0n) is 10.2. The predicted octanol–water partition coefficient (Wildman–Crippen LogP) is 0.815. The summed E-state index contributed by atoms with van der Waals surface area (Å²) in [6.07, 6.45) is 0. The number of nitrogens with zero attached hydrogens (tertiary/aromatic N) is 1. The molecule has 1 aromatic rings. The molecule has 1 fully saturated rings. The van der Waals surface area contributed by atoms with Gasteiger partial charge in [0.15, 0.2) is 0 Å². The summed E-state index contributed by atoms with van der Waals surface area (Å²) in [5.41, 5.74) is 0.979. The molecule has 0 radical (unpaired) electrons. The number of ether oxygens (including phenoxy) is 3. The van der Waals surface area contributed by atoms with Gasteiger partial charge in [0.25, 0.3) is 0 Å². The van der Waals surface area contributed by atoms with Crippen LogP contribution in [0.25, 0.3) is 0 Å². The van der Waals surface area contributed by atoms with Gasteiger partial charge < -0.3 is 19.1 Å². The average Bonchev–Trinajstić information content (AvgIpc) is 2.58. The summed E-state index contributed by atoms with van der Waals surface area (Å²) in [4.78, 5) is 13.7. The summed E-state index contributed by atoms with van der Waals surface area (Å²) < 4.78 is 16.2. The number of benzene rings is 1. The lowest BCUT2D eigenvalue weighted by Crippen LogP contribution is -2.50. The highest BCUT2D eigenvalue weighted by Gasteiger charge is 2.32. The minimum Gasteiger partial charge on any atom is -0.497 e. The van der Waals surface area contributed by atoms with Crippen molar-refractivity contribution in [1.29, 1.82) is 0 Å². The maximum absolute atomic E-state index is 11.9. The van der Waals surface area contributed by atoms with Crippen LogP contribution in [0.15, 0.2) is 18.2 Å². The highest BCUT2D eigenvalue weighted by atomic mass is 16.5. The molecule has 1 amide bonds. The molecule has 2 aliphatic rings. The number of hydrogen-bond acceptors (Lipinski definition) is 4. The SMILES string of the molecule is COc1ccc2c(c1)CN1C(=O)COCC1CO2. The molecule has 2 heterocycles. The van der Waals surface area contributed by atoms with Crippen molar-refractivity contribution < 1.29 is 19.0 Å². The zero-order valence-corrected chi connectivity index (χ0v) is 10.2. The van der Waals surface area contributed by atoms with E-state index in [1.54, 1.807) is 7.11 Å². The molecule has 1 saturated heterocycles. The molecule has 2 aliphatic heterocycles. The zero-order chi connectivity index (χ0) is 12.5. The number of carbonyl (C=O) groups is 1. The fourth-order valence-corrected chi connectivity index (χ4v) is 2.33. The standard InChI is InChI=1S/C13H15NO4/c1-16-11-2-3-12-9(4-11)5-14-10(7-18-12)6-17-8-13(14)15/h2-4,10H,5-8H2,1H3. The average molecular weight is 249 g/mol. The molecule has 5 heteroatoms. The summed E-state index contributed by atoms with van der Waals surface area (Å²) in [6, 6.07) is 5.67. The van der Waals surface area contributed by atoms with E-state index in [-0.39, 0.29) is 18.6 Å². The topological polar surface area (TPSA) is 48.0 Å². The number of rotatable bonds is 1. The van der Waals surface area contributed by atoms with E-state index in [1.165, 1.54) is 0 Å². The maximum atomic E-state index is 11.9. The lowest BCUT2D eigenvalue weighted by Gasteiger charge is -2.33. The van der Waals surface area contributed by atoms with Crippen LogP contribution in [-0.2, 0) is 16.1 Å². The minimum atomic E-state index is 0.00430. The first kappa shape index (κ1) is 11.3. The van der Waals surface area contributed by atoms with Gasteiger partial charge in [0.2, 0.25) is 5.91 Å². The van der Waals surface area contributed by atoms with E-state index in [1.807, 2.05) is 23.1 Å². The Morgan fingerprint density at radius 2 is 2.28 bits per heavy atom. The van der Waals surface area contributed by atoms with Crippen LogP contribution in [-0.4, -0.2) is 43.8 Å². The molecule has 0 aromatic heterocycles. The largest absolute Gasteiger partial charge is 0.497 e. The van der Waals surface area contributed by atoms with E-state index in [0.29, 0.717) is 19.8 Å². The quantitative estimate of drug-likeness (QED) is 0.739. The summed E-state index contributed by atoms with van der Waals surface area (Å²) >= 11 is 0. The van der Waals surface area contributed by atoms with Crippen LogP contribution >= 0.6 is 0 Å². The van der Waals surface area contributed by atoms with Crippen molar-refractivity contribution in [3.8, 4) is 11.5 Å². The second kappa shape index (κ2) is 4.49. The molecular weight excluding hydrogens is 234 g/mol. The van der Waals surface area contributed by atoms with Gasteiger partial charge in [-0.1, -0.05) is 0 Å². The first-order valence-electron chi connectivity index (χ1n) is 5.95. The Morgan fingerprint density at radius 3 is 3.11 bits per heavy atom. The van der Waals surface area contributed by atoms with Crippen molar-refractivity contribution in [1.82, 2.24) is 4.90 Å². The number of hydrogen-bond donors (Lipinski definition) is 0. The molecule has 18 heavy (non-hydrogen) atoms. The van der Waals surface area contributed by atoms with Gasteiger partial charge in [-0.3, -0.25) is 4.79 Å². The molecule has 1 aromatic carbocycles. The number of morpholine rings is 1. The first-order chi connectivity index (χ1) is 8.78. The Balaban J connectivity index is 1.93. The van der Waals surface area contributed by atoms with Crippen LogP contribution in [0.3, 0.4) is 0 Å². The lowest BCUT2D eigenvalue weighted by molar-refractivity contribution is -0.149. The number of methoxy groups -OCH3 is 1. The van der Waals surface area contributed by atoms with Crippen molar-refractivity contribution in [2.75, 3.05) is 26.9 Å². The van der Waals surface area contributed by atoms with Gasteiger partial charge in [0.1, 0.15) is 24.7 Å². The monoisotopic (exact) mass is 249 g/mol. The molecule has 0 spiro atoms. The molecule has 5 nitrogen and oxygen atoms in total. The Hall–Kier alpha value is -1.75. The molecule has 0 N–H and O–H groups in total. The fourth-order valence-electron chi connectivity index (χ4n) is 2.33. The third kappa shape index (κ3) is 1.90. The van der Waals surface area contributed by atoms with Crippen molar-refractivity contribution >= 4 is 5.91 Å². The molecular formula is C13H15NO4. The van der Waals surface area contributed by atoms with Crippen molar-refractivity contribution in [2.24, 2.45) is 0 Å². The third-order valence-electron chi connectivity index (χ3n) is 3.34. The van der Waals surface area contributed by atoms with Crippen LogP contribution in [0.1, 0.15) is 5.56 Å². The van der Waals surface area contributed by atoms with E-state index in [0.717, 1.165) is 17.1 Å². The molecule has 1 atom stereocenters. The highest BCUT2D eigenvalue weighted by molar-refractivity contribution is 5.78. The second-order valence-electron chi connectivity index (χ2n) is 4.48. The fraction of sp³-hybridized carbons (Fsp3) is 0.462. The number of fused-ring (bicyclic) bond motifs is 2. The Kier molecular flexibility index (Phi) is 2.83. The summed E-state index contributed by atoms with van der Waals surface area (Å²) in [5.74, 6) is 1.61. The second-order valence-corrected chi connectivity index (χ2v) is 4.48. The van der Waals surface area contributed by atoms with Gasteiger partial charge in [0, 0.05) is 5.56 Å². The summed E-state index contributed by atoms with van der Waals surface area (Å²) in [6.45, 7) is 1.73. The Morgan fingerprint density at radius 1 is 1.39 bits per heavy atom. The van der Waals surface area contributed by atoms with Crippen LogP contribution in [0, 0.1) is 0 Å². The highest BCUT2D eigenvalue weighted by Crippen LogP contribution is 2.29. The van der Waals surface area contributed by atoms with Crippen molar-refractivity contribution in [3.63, 3.8) is 0 Å². The van der Waals surface area contributed by atoms with E-state index in [4.69, 9.17) is 14.2 Å². The van der Waals surface area contributed by atoms with E-state index in [9.17, 15) is 4.79 Å². The lowest BCUT2D eigenvalue weighted by atomic mass is 10.1. The molecule has 0 bridgehead atoms. The number of amides is 1. The third-order valence-corrected chi connectivity index (χ3v) is 3.34. The van der Waals surface area contributed by atoms with Gasteiger partial charge in [-0.25, -0.2) is 0 Å². The van der Waals surface area contributed by atoms with E-state index >= 15 is 0 Å². The normalized spacial score (nSPS) is 22.6. The van der Waals surface area contributed by atoms with Gasteiger partial charge in [-0.15, -0.1) is 0 Å². The van der Waals surface area contributed by atoms with Gasteiger partial charge >= 0.3 is 0 Å². The van der Waals surface area contributed by atoms with Crippen LogP contribution in [0.4, 0.5) is 0 Å². The number of carbonyl (C=O) groups excluding carboxylic acids is 1. The Bertz CT molecular complexity index is 474. The molecule has 3 rings (SSSR count). The van der Waals surface area contributed by atoms with Crippen LogP contribution in [0.2, 0.25) is 0 Å². The van der Waals surface area contributed by atoms with Gasteiger partial charge in [-0.2, -0.15) is 0 Å². The summed E-state index contributed by atoms with van der Waals surface area (Å²) in [5, 5.41) is 0. The molecule has 0 aliphatic carbocycles. The van der Waals surface area contributed by atoms with Gasteiger partial charge in [0.05, 0.1) is 26.3 Å².